The zero-order valence-corrected chi connectivity index (χ0v) is 11.2. The molecule has 5 nitrogen and oxygen atoms in total. The van der Waals surface area contributed by atoms with Crippen molar-refractivity contribution in [2.24, 2.45) is 5.73 Å². The largest absolute Gasteiger partial charge is 0.465 e. The van der Waals surface area contributed by atoms with Crippen LogP contribution in [-0.2, 0) is 25.9 Å². The lowest BCUT2D eigenvalue weighted by Crippen LogP contribution is -2.06. The molecule has 5 heteroatoms. The van der Waals surface area contributed by atoms with Crippen LogP contribution in [0.1, 0.15) is 42.6 Å². The molecule has 0 aliphatic rings. The first-order chi connectivity index (χ1) is 8.67. The van der Waals surface area contributed by atoms with Crippen molar-refractivity contribution >= 4 is 0 Å². The van der Waals surface area contributed by atoms with Crippen molar-refractivity contribution < 1.29 is 4.42 Å². The molecule has 98 valence electrons. The molecule has 0 saturated heterocycles. The number of hydrogen-bond acceptors (Lipinski definition) is 4. The van der Waals surface area contributed by atoms with Gasteiger partial charge in [0, 0.05) is 18.4 Å². The van der Waals surface area contributed by atoms with Crippen LogP contribution in [0.2, 0.25) is 0 Å². The fourth-order valence-electron chi connectivity index (χ4n) is 1.97. The van der Waals surface area contributed by atoms with Gasteiger partial charge in [-0.2, -0.15) is 5.10 Å². The lowest BCUT2D eigenvalue weighted by atomic mass is 10.2. The molecule has 0 radical (unpaired) electrons. The maximum atomic E-state index is 5.58. The summed E-state index contributed by atoms with van der Waals surface area (Å²) in [5.74, 6) is 3.64. The number of rotatable bonds is 5. The molecule has 0 amide bonds. The van der Waals surface area contributed by atoms with Gasteiger partial charge in [-0.25, -0.2) is 9.67 Å². The number of nitrogens with two attached hydrogens (primary N) is 1. The van der Waals surface area contributed by atoms with Crippen LogP contribution in [0.3, 0.4) is 0 Å². The second-order valence-corrected chi connectivity index (χ2v) is 4.31. The summed E-state index contributed by atoms with van der Waals surface area (Å²) in [6.07, 6.45) is 1.74. The third kappa shape index (κ3) is 2.46. The minimum absolute atomic E-state index is 0.430. The van der Waals surface area contributed by atoms with Crippen molar-refractivity contribution in [1.29, 1.82) is 0 Å². The second-order valence-electron chi connectivity index (χ2n) is 4.31. The van der Waals surface area contributed by atoms with Gasteiger partial charge in [0.25, 0.3) is 0 Å². The fraction of sp³-hybridized carbons (Fsp3) is 0.538. The first kappa shape index (κ1) is 12.8. The zero-order chi connectivity index (χ0) is 13.1. The first-order valence-corrected chi connectivity index (χ1v) is 6.38. The van der Waals surface area contributed by atoms with E-state index in [0.717, 1.165) is 41.6 Å². The smallest absolute Gasteiger partial charge is 0.150 e. The summed E-state index contributed by atoms with van der Waals surface area (Å²) in [5.41, 5.74) is 6.70. The summed E-state index contributed by atoms with van der Waals surface area (Å²) >= 11 is 0. The Hall–Kier alpha value is -1.62. The molecule has 0 saturated carbocycles. The van der Waals surface area contributed by atoms with Crippen LogP contribution in [0.15, 0.2) is 10.5 Å². The number of furan rings is 1. The Balaban J connectivity index is 2.26. The molecular formula is C13H20N4O. The van der Waals surface area contributed by atoms with E-state index in [1.807, 2.05) is 17.7 Å². The van der Waals surface area contributed by atoms with E-state index in [9.17, 15) is 0 Å². The van der Waals surface area contributed by atoms with Crippen LogP contribution < -0.4 is 5.73 Å². The van der Waals surface area contributed by atoms with E-state index < -0.39 is 0 Å². The molecule has 2 aromatic rings. The third-order valence-corrected chi connectivity index (χ3v) is 3.02. The van der Waals surface area contributed by atoms with Gasteiger partial charge in [0.15, 0.2) is 5.82 Å². The minimum Gasteiger partial charge on any atom is -0.465 e. The maximum Gasteiger partial charge on any atom is 0.150 e. The Labute approximate surface area is 107 Å². The summed E-state index contributed by atoms with van der Waals surface area (Å²) < 4.78 is 7.51. The van der Waals surface area contributed by atoms with Crippen molar-refractivity contribution in [3.05, 3.63) is 34.8 Å². The van der Waals surface area contributed by atoms with E-state index in [1.165, 1.54) is 0 Å². The summed E-state index contributed by atoms with van der Waals surface area (Å²) in [7, 11) is 0. The number of aryl methyl sites for hydroxylation is 3. The van der Waals surface area contributed by atoms with Crippen LogP contribution in [-0.4, -0.2) is 14.8 Å². The van der Waals surface area contributed by atoms with Crippen molar-refractivity contribution in [3.63, 3.8) is 0 Å². The molecule has 2 N–H and O–H groups in total. The Bertz CT molecular complexity index is 527. The van der Waals surface area contributed by atoms with Crippen molar-refractivity contribution in [1.82, 2.24) is 14.8 Å². The molecule has 0 atom stereocenters. The van der Waals surface area contributed by atoms with Gasteiger partial charge in [-0.1, -0.05) is 13.8 Å². The summed E-state index contributed by atoms with van der Waals surface area (Å²) in [5, 5.41) is 4.50. The maximum absolute atomic E-state index is 5.58. The van der Waals surface area contributed by atoms with Gasteiger partial charge in [-0.15, -0.1) is 0 Å². The highest BCUT2D eigenvalue weighted by Crippen LogP contribution is 2.16. The summed E-state index contributed by atoms with van der Waals surface area (Å²) in [6, 6.07) is 2.00. The van der Waals surface area contributed by atoms with Gasteiger partial charge in [-0.3, -0.25) is 0 Å². The van der Waals surface area contributed by atoms with Crippen LogP contribution in [0.5, 0.6) is 0 Å². The highest BCUT2D eigenvalue weighted by Gasteiger charge is 2.11. The Morgan fingerprint density at radius 2 is 2.11 bits per heavy atom. The molecule has 18 heavy (non-hydrogen) atoms. The molecular weight excluding hydrogens is 228 g/mol. The Morgan fingerprint density at radius 3 is 2.67 bits per heavy atom. The lowest BCUT2D eigenvalue weighted by Gasteiger charge is -2.02. The fourth-order valence-corrected chi connectivity index (χ4v) is 1.97. The van der Waals surface area contributed by atoms with E-state index in [1.54, 1.807) is 0 Å². The van der Waals surface area contributed by atoms with Gasteiger partial charge in [0.2, 0.25) is 0 Å². The van der Waals surface area contributed by atoms with E-state index >= 15 is 0 Å². The highest BCUT2D eigenvalue weighted by molar-refractivity contribution is 5.21. The van der Waals surface area contributed by atoms with Crippen LogP contribution in [0, 0.1) is 6.92 Å². The minimum atomic E-state index is 0.430. The second kappa shape index (κ2) is 5.35. The number of aromatic nitrogens is 3. The third-order valence-electron chi connectivity index (χ3n) is 3.02. The topological polar surface area (TPSA) is 69.9 Å². The van der Waals surface area contributed by atoms with Crippen molar-refractivity contribution in [2.75, 3.05) is 0 Å². The molecule has 0 aliphatic heterocycles. The van der Waals surface area contributed by atoms with E-state index in [0.29, 0.717) is 13.1 Å². The molecule has 2 heterocycles. The monoisotopic (exact) mass is 248 g/mol. The molecule has 0 aliphatic carbocycles. The van der Waals surface area contributed by atoms with Gasteiger partial charge < -0.3 is 10.2 Å². The van der Waals surface area contributed by atoms with Gasteiger partial charge in [-0.05, 0) is 13.0 Å². The number of nitrogens with zero attached hydrogens (tertiary/aromatic N) is 3. The lowest BCUT2D eigenvalue weighted by molar-refractivity contribution is 0.480. The Kier molecular flexibility index (Phi) is 3.81. The molecule has 0 aromatic carbocycles. The predicted molar refractivity (Wildman–Crippen MR) is 69.2 cm³/mol. The molecule has 0 unspecified atom stereocenters. The summed E-state index contributed by atoms with van der Waals surface area (Å²) in [6.45, 7) is 7.24. The van der Waals surface area contributed by atoms with Gasteiger partial charge in [0.1, 0.15) is 17.3 Å². The predicted octanol–water partition coefficient (Wildman–Crippen LogP) is 1.81. The van der Waals surface area contributed by atoms with Crippen LogP contribution in [0.4, 0.5) is 0 Å². The molecule has 0 fully saturated rings. The van der Waals surface area contributed by atoms with E-state index in [4.69, 9.17) is 10.2 Å². The average Bonchev–Trinajstić information content (AvgIpc) is 2.94. The van der Waals surface area contributed by atoms with Crippen LogP contribution in [0.25, 0.3) is 0 Å². The average molecular weight is 248 g/mol. The number of hydrogen-bond donors (Lipinski definition) is 1. The Morgan fingerprint density at radius 1 is 1.33 bits per heavy atom. The van der Waals surface area contributed by atoms with Crippen molar-refractivity contribution in [3.8, 4) is 0 Å². The highest BCUT2D eigenvalue weighted by atomic mass is 16.3. The molecule has 0 spiro atoms. The van der Waals surface area contributed by atoms with Crippen LogP contribution >= 0.6 is 0 Å². The first-order valence-electron chi connectivity index (χ1n) is 6.38. The SMILES string of the molecule is CCc1nc(CC)n(Cc2cc(CN)oc2C)n1. The zero-order valence-electron chi connectivity index (χ0n) is 11.2. The van der Waals surface area contributed by atoms with E-state index in [-0.39, 0.29) is 0 Å². The van der Waals surface area contributed by atoms with Crippen molar-refractivity contribution in [2.45, 2.75) is 46.7 Å². The van der Waals surface area contributed by atoms with E-state index in [2.05, 4.69) is 23.9 Å². The van der Waals surface area contributed by atoms with Gasteiger partial charge >= 0.3 is 0 Å². The van der Waals surface area contributed by atoms with Gasteiger partial charge in [0.05, 0.1) is 13.1 Å². The summed E-state index contributed by atoms with van der Waals surface area (Å²) in [4.78, 5) is 4.50. The standard InChI is InChI=1S/C13H20N4O/c1-4-12-15-13(5-2)17(16-12)8-10-6-11(7-14)18-9(10)3/h6H,4-5,7-8,14H2,1-3H3. The normalized spacial score (nSPS) is 11.1. The molecule has 0 bridgehead atoms. The molecule has 2 aromatic heterocycles. The quantitative estimate of drug-likeness (QED) is 0.876. The molecule has 2 rings (SSSR count).